The van der Waals surface area contributed by atoms with E-state index in [1.807, 2.05) is 49.0 Å². The highest BCUT2D eigenvalue weighted by Crippen LogP contribution is 2.39. The summed E-state index contributed by atoms with van der Waals surface area (Å²) in [6.07, 6.45) is 2.46. The maximum Gasteiger partial charge on any atom is 0.226 e. The number of hydrogen-bond acceptors (Lipinski definition) is 3. The van der Waals surface area contributed by atoms with E-state index >= 15 is 0 Å². The van der Waals surface area contributed by atoms with Gasteiger partial charge in [-0.1, -0.05) is 12.1 Å². The number of fused-ring (bicyclic) bond motifs is 1. The van der Waals surface area contributed by atoms with Crippen LogP contribution in [0.1, 0.15) is 58.1 Å². The fourth-order valence-corrected chi connectivity index (χ4v) is 3.08. The predicted molar refractivity (Wildman–Crippen MR) is 94.5 cm³/mol. The van der Waals surface area contributed by atoms with Crippen LogP contribution in [0.25, 0.3) is 0 Å². The Hall–Kier alpha value is -2.30. The van der Waals surface area contributed by atoms with Gasteiger partial charge in [-0.15, -0.1) is 0 Å². The zero-order valence-corrected chi connectivity index (χ0v) is 15.0. The third kappa shape index (κ3) is 3.16. The molecule has 5 heteroatoms. The van der Waals surface area contributed by atoms with Crippen LogP contribution in [0.3, 0.4) is 0 Å². The minimum absolute atomic E-state index is 0.0259. The molecular weight excluding hydrogens is 302 g/mol. The van der Waals surface area contributed by atoms with Gasteiger partial charge in [0.15, 0.2) is 0 Å². The third-order valence-electron chi connectivity index (χ3n) is 4.11. The first-order chi connectivity index (χ1) is 11.3. The molecule has 1 atom stereocenters. The molecule has 0 bridgehead atoms. The predicted octanol–water partition coefficient (Wildman–Crippen LogP) is 3.90. The molecule has 0 radical (unpaired) electrons. The van der Waals surface area contributed by atoms with E-state index in [1.165, 1.54) is 0 Å². The number of nitrogens with one attached hydrogen (secondary N) is 1. The Kier molecular flexibility index (Phi) is 4.11. The molecule has 1 aromatic carbocycles. The first kappa shape index (κ1) is 16.6. The van der Waals surface area contributed by atoms with Crippen LogP contribution in [0.15, 0.2) is 30.5 Å². The van der Waals surface area contributed by atoms with Crippen LogP contribution >= 0.6 is 0 Å². The number of carbonyl (C=O) groups is 1. The van der Waals surface area contributed by atoms with Gasteiger partial charge in [-0.3, -0.25) is 4.79 Å². The van der Waals surface area contributed by atoms with Crippen LogP contribution < -0.4 is 10.1 Å². The molecule has 2 heterocycles. The summed E-state index contributed by atoms with van der Waals surface area (Å²) in [5.74, 6) is 1.71. The van der Waals surface area contributed by atoms with Crippen molar-refractivity contribution in [3.05, 3.63) is 41.6 Å². The number of aromatic nitrogens is 2. The Balaban J connectivity index is 1.96. The van der Waals surface area contributed by atoms with Crippen molar-refractivity contribution in [1.82, 2.24) is 9.78 Å². The lowest BCUT2D eigenvalue weighted by Crippen LogP contribution is -2.30. The van der Waals surface area contributed by atoms with Crippen LogP contribution in [0.5, 0.6) is 5.75 Å². The lowest BCUT2D eigenvalue weighted by atomic mass is 9.87. The number of ether oxygens (including phenoxy) is 1. The zero-order chi connectivity index (χ0) is 17.5. The van der Waals surface area contributed by atoms with Crippen molar-refractivity contribution in [2.24, 2.45) is 0 Å². The van der Waals surface area contributed by atoms with Gasteiger partial charge in [0.2, 0.25) is 5.91 Å². The molecule has 0 saturated heterocycles. The van der Waals surface area contributed by atoms with Crippen LogP contribution in [-0.2, 0) is 10.3 Å². The third-order valence-corrected chi connectivity index (χ3v) is 4.11. The average molecular weight is 327 g/mol. The quantitative estimate of drug-likeness (QED) is 0.930. The lowest BCUT2D eigenvalue weighted by Gasteiger charge is -2.28. The van der Waals surface area contributed by atoms with Crippen LogP contribution in [-0.4, -0.2) is 21.8 Å². The van der Waals surface area contributed by atoms with Crippen LogP contribution in [0.2, 0.25) is 0 Å². The van der Waals surface area contributed by atoms with Crippen molar-refractivity contribution in [2.75, 3.05) is 5.32 Å². The van der Waals surface area contributed by atoms with Crippen molar-refractivity contribution in [3.8, 4) is 5.75 Å². The number of benzene rings is 1. The number of nitrogens with zero attached hydrogens (tertiary/aromatic N) is 2. The van der Waals surface area contributed by atoms with Crippen molar-refractivity contribution < 1.29 is 9.53 Å². The normalized spacial score (nSPS) is 17.6. The Morgan fingerprint density at radius 2 is 1.92 bits per heavy atom. The fraction of sp³-hybridized carbons (Fsp3) is 0.474. The molecule has 1 aromatic heterocycles. The second-order valence-corrected chi connectivity index (χ2v) is 7.57. The standard InChI is InChI=1S/C19H25N3O2/c1-12(2)24-14-8-6-13(7-9-14)15-10-17(23)21-18-16(15)11-20-22(18)19(3,4)5/h6-9,11-12,15H,10H2,1-5H3,(H,21,23). The van der Waals surface area contributed by atoms with E-state index < -0.39 is 0 Å². The van der Waals surface area contributed by atoms with E-state index in [0.29, 0.717) is 6.42 Å². The van der Waals surface area contributed by atoms with Gasteiger partial charge in [0.05, 0.1) is 17.8 Å². The molecule has 5 nitrogen and oxygen atoms in total. The number of carbonyl (C=O) groups excluding carboxylic acids is 1. The van der Waals surface area contributed by atoms with Crippen molar-refractivity contribution in [3.63, 3.8) is 0 Å². The fourth-order valence-electron chi connectivity index (χ4n) is 3.08. The molecule has 2 aromatic rings. The summed E-state index contributed by atoms with van der Waals surface area (Å²) in [5.41, 5.74) is 2.00. The molecule has 0 saturated carbocycles. The summed E-state index contributed by atoms with van der Waals surface area (Å²) < 4.78 is 7.59. The molecule has 0 fully saturated rings. The first-order valence-electron chi connectivity index (χ1n) is 8.40. The van der Waals surface area contributed by atoms with E-state index in [4.69, 9.17) is 4.74 Å². The van der Waals surface area contributed by atoms with E-state index in [0.717, 1.165) is 22.7 Å². The highest BCUT2D eigenvalue weighted by atomic mass is 16.5. The summed E-state index contributed by atoms with van der Waals surface area (Å²) in [7, 11) is 0. The molecule has 0 spiro atoms. The van der Waals surface area contributed by atoms with Crippen LogP contribution in [0.4, 0.5) is 5.82 Å². The summed E-state index contributed by atoms with van der Waals surface area (Å²) in [6, 6.07) is 8.02. The molecule has 1 N–H and O–H groups in total. The molecule has 1 amide bonds. The second-order valence-electron chi connectivity index (χ2n) is 7.57. The SMILES string of the molecule is CC(C)Oc1ccc(C2CC(=O)Nc3c2cnn3C(C)(C)C)cc1. The number of rotatable bonds is 3. The van der Waals surface area contributed by atoms with Gasteiger partial charge in [0.1, 0.15) is 11.6 Å². The molecule has 3 rings (SSSR count). The average Bonchev–Trinajstić information content (AvgIpc) is 2.90. The highest BCUT2D eigenvalue weighted by molar-refractivity contribution is 5.94. The largest absolute Gasteiger partial charge is 0.491 e. The minimum Gasteiger partial charge on any atom is -0.491 e. The van der Waals surface area contributed by atoms with E-state index in [2.05, 4.69) is 31.2 Å². The summed E-state index contributed by atoms with van der Waals surface area (Å²) in [6.45, 7) is 10.2. The Morgan fingerprint density at radius 1 is 1.25 bits per heavy atom. The maximum absolute atomic E-state index is 12.2. The van der Waals surface area contributed by atoms with E-state index in [1.54, 1.807) is 0 Å². The van der Waals surface area contributed by atoms with Crippen LogP contribution in [0, 0.1) is 0 Å². The topological polar surface area (TPSA) is 56.1 Å². The van der Waals surface area contributed by atoms with Crippen molar-refractivity contribution in [1.29, 1.82) is 0 Å². The summed E-state index contributed by atoms with van der Waals surface area (Å²) >= 11 is 0. The van der Waals surface area contributed by atoms with Gasteiger partial charge in [-0.05, 0) is 52.3 Å². The molecule has 1 unspecified atom stereocenters. The maximum atomic E-state index is 12.2. The van der Waals surface area contributed by atoms with Gasteiger partial charge in [-0.2, -0.15) is 5.10 Å². The monoisotopic (exact) mass is 327 g/mol. The molecule has 1 aliphatic heterocycles. The smallest absolute Gasteiger partial charge is 0.226 e. The van der Waals surface area contributed by atoms with E-state index in [-0.39, 0.29) is 23.5 Å². The van der Waals surface area contributed by atoms with Crippen molar-refractivity contribution >= 4 is 11.7 Å². The second kappa shape index (κ2) is 5.96. The number of anilines is 1. The van der Waals surface area contributed by atoms with Crippen molar-refractivity contribution in [2.45, 2.75) is 58.6 Å². The molecule has 24 heavy (non-hydrogen) atoms. The number of amides is 1. The van der Waals surface area contributed by atoms with Gasteiger partial charge < -0.3 is 10.1 Å². The van der Waals surface area contributed by atoms with E-state index in [9.17, 15) is 4.79 Å². The first-order valence-corrected chi connectivity index (χ1v) is 8.40. The zero-order valence-electron chi connectivity index (χ0n) is 15.0. The van der Waals surface area contributed by atoms with Gasteiger partial charge in [-0.25, -0.2) is 4.68 Å². The Morgan fingerprint density at radius 3 is 2.50 bits per heavy atom. The summed E-state index contributed by atoms with van der Waals surface area (Å²) in [5, 5.41) is 7.50. The summed E-state index contributed by atoms with van der Waals surface area (Å²) in [4.78, 5) is 12.2. The minimum atomic E-state index is -0.183. The molecular formula is C19H25N3O2. The Labute approximate surface area is 143 Å². The van der Waals surface area contributed by atoms with Gasteiger partial charge in [0, 0.05) is 17.9 Å². The lowest BCUT2D eigenvalue weighted by molar-refractivity contribution is -0.116. The highest BCUT2D eigenvalue weighted by Gasteiger charge is 2.32. The molecule has 0 aliphatic carbocycles. The van der Waals surface area contributed by atoms with Gasteiger partial charge >= 0.3 is 0 Å². The number of hydrogen-bond donors (Lipinski definition) is 1. The molecule has 128 valence electrons. The Bertz CT molecular complexity index is 739. The molecule has 1 aliphatic rings. The van der Waals surface area contributed by atoms with Gasteiger partial charge in [0.25, 0.3) is 0 Å².